The molecule has 1 amide bonds. The summed E-state index contributed by atoms with van der Waals surface area (Å²) in [5, 5.41) is 7.67. The fourth-order valence-electron chi connectivity index (χ4n) is 4.30. The number of nitrogens with zero attached hydrogens (tertiary/aromatic N) is 3. The summed E-state index contributed by atoms with van der Waals surface area (Å²) >= 11 is 0. The summed E-state index contributed by atoms with van der Waals surface area (Å²) in [6.45, 7) is 2.66. The highest BCUT2D eigenvalue weighted by Crippen LogP contribution is 2.28. The normalized spacial score (nSPS) is 18.5. The lowest BCUT2D eigenvalue weighted by molar-refractivity contribution is -0.126. The third-order valence-corrected chi connectivity index (χ3v) is 5.99. The zero-order valence-electron chi connectivity index (χ0n) is 18.6. The average molecular weight is 418 g/mol. The first-order valence-corrected chi connectivity index (χ1v) is 11.0. The molecule has 0 bridgehead atoms. The monoisotopic (exact) mass is 417 g/mol. The second-order valence-corrected chi connectivity index (χ2v) is 8.68. The van der Waals surface area contributed by atoms with Crippen molar-refractivity contribution in [3.05, 3.63) is 59.7 Å². The van der Waals surface area contributed by atoms with Gasteiger partial charge in [0.15, 0.2) is 0 Å². The molecular weight excluding hydrogens is 386 g/mol. The Labute approximate surface area is 184 Å². The van der Waals surface area contributed by atoms with Crippen LogP contribution in [0.15, 0.2) is 48.5 Å². The minimum atomic E-state index is 0.0812. The van der Waals surface area contributed by atoms with Crippen LogP contribution in [0, 0.1) is 12.8 Å². The number of benzene rings is 2. The Morgan fingerprint density at radius 3 is 2.55 bits per heavy atom. The van der Waals surface area contributed by atoms with Gasteiger partial charge in [-0.15, -0.1) is 0 Å². The van der Waals surface area contributed by atoms with Crippen LogP contribution in [0.25, 0.3) is 10.9 Å². The minimum Gasteiger partial charge on any atom is -0.362 e. The van der Waals surface area contributed by atoms with E-state index >= 15 is 0 Å². The van der Waals surface area contributed by atoms with Crippen LogP contribution in [-0.4, -0.2) is 36.0 Å². The number of anilines is 2. The quantitative estimate of drug-likeness (QED) is 0.626. The van der Waals surface area contributed by atoms with Crippen LogP contribution in [0.4, 0.5) is 11.8 Å². The van der Waals surface area contributed by atoms with Gasteiger partial charge in [0.2, 0.25) is 11.9 Å². The molecule has 1 aromatic heterocycles. The Hall–Kier alpha value is -3.15. The molecule has 0 radical (unpaired) electrons. The van der Waals surface area contributed by atoms with E-state index in [-0.39, 0.29) is 17.9 Å². The van der Waals surface area contributed by atoms with Crippen LogP contribution in [0.5, 0.6) is 0 Å². The van der Waals surface area contributed by atoms with E-state index < -0.39 is 0 Å². The largest absolute Gasteiger partial charge is 0.362 e. The summed E-state index contributed by atoms with van der Waals surface area (Å²) in [6, 6.07) is 16.6. The molecule has 0 saturated heterocycles. The number of amides is 1. The number of hydrogen-bond acceptors (Lipinski definition) is 5. The maximum Gasteiger partial charge on any atom is 0.225 e. The van der Waals surface area contributed by atoms with Crippen LogP contribution in [0.2, 0.25) is 0 Å². The molecule has 4 rings (SSSR count). The highest BCUT2D eigenvalue weighted by Gasteiger charge is 2.26. The topological polar surface area (TPSA) is 70.2 Å². The molecule has 31 heavy (non-hydrogen) atoms. The van der Waals surface area contributed by atoms with E-state index in [0.29, 0.717) is 12.5 Å². The first-order valence-electron chi connectivity index (χ1n) is 11.0. The van der Waals surface area contributed by atoms with Gasteiger partial charge in [-0.05, 0) is 50.3 Å². The molecule has 0 spiro atoms. The van der Waals surface area contributed by atoms with E-state index in [1.165, 1.54) is 5.56 Å². The zero-order chi connectivity index (χ0) is 21.8. The molecule has 0 atom stereocenters. The maximum atomic E-state index is 12.6. The molecule has 0 unspecified atom stereocenters. The number of fused-ring (bicyclic) bond motifs is 1. The number of para-hydroxylation sites is 1. The van der Waals surface area contributed by atoms with E-state index in [0.717, 1.165) is 48.0 Å². The van der Waals surface area contributed by atoms with Crippen molar-refractivity contribution in [3.63, 3.8) is 0 Å². The van der Waals surface area contributed by atoms with Crippen molar-refractivity contribution >= 4 is 28.6 Å². The molecule has 1 heterocycles. The predicted molar refractivity (Wildman–Crippen MR) is 126 cm³/mol. The van der Waals surface area contributed by atoms with Crippen LogP contribution in [0.3, 0.4) is 0 Å². The summed E-state index contributed by atoms with van der Waals surface area (Å²) < 4.78 is 0. The molecule has 2 N–H and O–H groups in total. The SMILES string of the molecule is Cc1cccc(CNC(=O)C2CCC(Nc3nc(N(C)C)c4ccccc4n3)CC2)c1. The third kappa shape index (κ3) is 5.13. The molecule has 0 aliphatic heterocycles. The number of hydrogen-bond donors (Lipinski definition) is 2. The fraction of sp³-hybridized carbons (Fsp3) is 0.400. The van der Waals surface area contributed by atoms with Gasteiger partial charge in [-0.3, -0.25) is 4.79 Å². The number of nitrogens with one attached hydrogen (secondary N) is 2. The third-order valence-electron chi connectivity index (χ3n) is 5.99. The lowest BCUT2D eigenvalue weighted by Crippen LogP contribution is -2.35. The second-order valence-electron chi connectivity index (χ2n) is 8.68. The number of rotatable bonds is 6. The molecule has 1 saturated carbocycles. The molecule has 2 aromatic carbocycles. The van der Waals surface area contributed by atoms with E-state index in [9.17, 15) is 4.79 Å². The average Bonchev–Trinajstić information content (AvgIpc) is 2.77. The van der Waals surface area contributed by atoms with Crippen molar-refractivity contribution in [3.8, 4) is 0 Å². The lowest BCUT2D eigenvalue weighted by atomic mass is 9.85. The van der Waals surface area contributed by atoms with Crippen LogP contribution >= 0.6 is 0 Å². The Morgan fingerprint density at radius 2 is 1.81 bits per heavy atom. The van der Waals surface area contributed by atoms with Crippen LogP contribution in [0.1, 0.15) is 36.8 Å². The van der Waals surface area contributed by atoms with Gasteiger partial charge in [-0.1, -0.05) is 42.0 Å². The van der Waals surface area contributed by atoms with Gasteiger partial charge in [0, 0.05) is 38.0 Å². The van der Waals surface area contributed by atoms with Gasteiger partial charge in [0.05, 0.1) is 5.52 Å². The number of carbonyl (C=O) groups excluding carboxylic acids is 1. The second kappa shape index (κ2) is 9.33. The van der Waals surface area contributed by atoms with Gasteiger partial charge in [0.25, 0.3) is 0 Å². The molecule has 162 valence electrons. The van der Waals surface area contributed by atoms with Crippen molar-refractivity contribution in [1.29, 1.82) is 0 Å². The standard InChI is InChI=1S/C25H31N5O/c1-17-7-6-8-18(15-17)16-26-24(31)19-11-13-20(14-12-19)27-25-28-22-10-5-4-9-21(22)23(29-25)30(2)3/h4-10,15,19-20H,11-14,16H2,1-3H3,(H,26,31)(H,27,28,29). The smallest absolute Gasteiger partial charge is 0.225 e. The first kappa shape index (κ1) is 21.1. The maximum absolute atomic E-state index is 12.6. The van der Waals surface area contributed by atoms with Crippen molar-refractivity contribution in [2.24, 2.45) is 5.92 Å². The minimum absolute atomic E-state index is 0.0812. The Kier molecular flexibility index (Phi) is 6.35. The zero-order valence-corrected chi connectivity index (χ0v) is 18.6. The Balaban J connectivity index is 1.33. The summed E-state index contributed by atoms with van der Waals surface area (Å²) in [5.41, 5.74) is 3.30. The van der Waals surface area contributed by atoms with E-state index in [1.54, 1.807) is 0 Å². The molecule has 1 fully saturated rings. The highest BCUT2D eigenvalue weighted by atomic mass is 16.1. The van der Waals surface area contributed by atoms with E-state index in [1.807, 2.05) is 43.3 Å². The van der Waals surface area contributed by atoms with Crippen molar-refractivity contribution in [2.75, 3.05) is 24.3 Å². The van der Waals surface area contributed by atoms with Gasteiger partial charge in [-0.25, -0.2) is 4.98 Å². The molecule has 3 aromatic rings. The van der Waals surface area contributed by atoms with Crippen molar-refractivity contribution in [1.82, 2.24) is 15.3 Å². The predicted octanol–water partition coefficient (Wildman–Crippen LogP) is 4.29. The van der Waals surface area contributed by atoms with Crippen molar-refractivity contribution in [2.45, 2.75) is 45.2 Å². The molecule has 6 heteroatoms. The van der Waals surface area contributed by atoms with Gasteiger partial charge >= 0.3 is 0 Å². The molecular formula is C25H31N5O. The van der Waals surface area contributed by atoms with E-state index in [4.69, 9.17) is 9.97 Å². The summed E-state index contributed by atoms with van der Waals surface area (Å²) in [6.07, 6.45) is 3.64. The number of carbonyl (C=O) groups is 1. The molecule has 6 nitrogen and oxygen atoms in total. The summed E-state index contributed by atoms with van der Waals surface area (Å²) in [4.78, 5) is 24.1. The van der Waals surface area contributed by atoms with Crippen molar-refractivity contribution < 1.29 is 4.79 Å². The highest BCUT2D eigenvalue weighted by molar-refractivity contribution is 5.90. The van der Waals surface area contributed by atoms with E-state index in [2.05, 4.69) is 41.8 Å². The van der Waals surface area contributed by atoms with Gasteiger partial charge < -0.3 is 15.5 Å². The molecule has 1 aliphatic rings. The van der Waals surface area contributed by atoms with Gasteiger partial charge in [0.1, 0.15) is 5.82 Å². The number of aromatic nitrogens is 2. The summed E-state index contributed by atoms with van der Waals surface area (Å²) in [7, 11) is 4.00. The number of aryl methyl sites for hydroxylation is 1. The Morgan fingerprint density at radius 1 is 1.03 bits per heavy atom. The Bertz CT molecular complexity index is 1060. The van der Waals surface area contributed by atoms with Crippen LogP contribution in [-0.2, 0) is 11.3 Å². The lowest BCUT2D eigenvalue weighted by Gasteiger charge is -2.28. The van der Waals surface area contributed by atoms with Crippen LogP contribution < -0.4 is 15.5 Å². The fourth-order valence-corrected chi connectivity index (χ4v) is 4.30. The van der Waals surface area contributed by atoms with Gasteiger partial charge in [-0.2, -0.15) is 4.98 Å². The first-order chi connectivity index (χ1) is 15.0. The summed E-state index contributed by atoms with van der Waals surface area (Å²) in [5.74, 6) is 1.82. The molecule has 1 aliphatic carbocycles.